The van der Waals surface area contributed by atoms with Gasteiger partial charge in [-0.2, -0.15) is 0 Å². The van der Waals surface area contributed by atoms with Gasteiger partial charge in [0.2, 0.25) is 5.91 Å². The number of hydrogen-bond acceptors (Lipinski definition) is 4. The molecule has 40 heavy (non-hydrogen) atoms. The molecule has 7 heteroatoms. The lowest BCUT2D eigenvalue weighted by atomic mass is 9.80. The molecule has 2 atom stereocenters. The molecule has 0 aliphatic carbocycles. The Morgan fingerprint density at radius 3 is 2.17 bits per heavy atom. The molecular formula is C33H39BrN2O4. The number of methoxy groups -OCH3 is 1. The van der Waals surface area contributed by atoms with Crippen molar-refractivity contribution in [1.29, 1.82) is 0 Å². The molecule has 0 spiro atoms. The maximum Gasteiger partial charge on any atom is 0.418 e. The summed E-state index contributed by atoms with van der Waals surface area (Å²) in [6.07, 6.45) is 1.63. The number of nitrogens with zero attached hydrogens (tertiary/aromatic N) is 1. The summed E-state index contributed by atoms with van der Waals surface area (Å²) in [5, 5.41) is 3.06. The van der Waals surface area contributed by atoms with E-state index in [0.717, 1.165) is 21.2 Å². The molecule has 0 saturated heterocycles. The van der Waals surface area contributed by atoms with E-state index < -0.39 is 11.7 Å². The average molecular weight is 608 g/mol. The second-order valence-electron chi connectivity index (χ2n) is 10.8. The van der Waals surface area contributed by atoms with Gasteiger partial charge in [-0.25, -0.2) is 4.79 Å². The van der Waals surface area contributed by atoms with Gasteiger partial charge in [0, 0.05) is 23.6 Å². The third-order valence-corrected chi connectivity index (χ3v) is 7.16. The van der Waals surface area contributed by atoms with Crippen molar-refractivity contribution >= 4 is 33.6 Å². The van der Waals surface area contributed by atoms with Gasteiger partial charge in [0.05, 0.1) is 12.8 Å². The summed E-state index contributed by atoms with van der Waals surface area (Å²) in [5.41, 5.74) is 3.03. The summed E-state index contributed by atoms with van der Waals surface area (Å²) in [6.45, 7) is 10.1. The number of benzene rings is 3. The Bertz CT molecular complexity index is 1280. The molecule has 2 amide bonds. The van der Waals surface area contributed by atoms with Gasteiger partial charge in [0.15, 0.2) is 0 Å². The molecule has 3 aromatic rings. The highest BCUT2D eigenvalue weighted by Gasteiger charge is 2.27. The molecule has 0 radical (unpaired) electrons. The lowest BCUT2D eigenvalue weighted by molar-refractivity contribution is -0.121. The van der Waals surface area contributed by atoms with Crippen molar-refractivity contribution in [2.24, 2.45) is 5.92 Å². The van der Waals surface area contributed by atoms with Crippen LogP contribution in [0, 0.1) is 5.92 Å². The van der Waals surface area contributed by atoms with Crippen LogP contribution in [0.2, 0.25) is 0 Å². The van der Waals surface area contributed by atoms with Gasteiger partial charge < -0.3 is 14.8 Å². The second-order valence-corrected chi connectivity index (χ2v) is 11.8. The quantitative estimate of drug-likeness (QED) is 0.252. The predicted octanol–water partition coefficient (Wildman–Crippen LogP) is 8.23. The van der Waals surface area contributed by atoms with E-state index in [1.54, 1.807) is 19.2 Å². The molecular weight excluding hydrogens is 568 g/mol. The lowest BCUT2D eigenvalue weighted by Crippen LogP contribution is -2.34. The molecule has 0 fully saturated rings. The summed E-state index contributed by atoms with van der Waals surface area (Å²) in [7, 11) is 1.60. The Kier molecular flexibility index (Phi) is 11.0. The topological polar surface area (TPSA) is 67.9 Å². The Hall–Kier alpha value is -3.58. The second kappa shape index (κ2) is 14.2. The monoisotopic (exact) mass is 606 g/mol. The summed E-state index contributed by atoms with van der Waals surface area (Å²) in [4.78, 5) is 28.0. The Labute approximate surface area is 246 Å². The molecule has 0 aliphatic rings. The van der Waals surface area contributed by atoms with Crippen molar-refractivity contribution in [3.63, 3.8) is 0 Å². The van der Waals surface area contributed by atoms with Crippen LogP contribution in [0.1, 0.15) is 58.1 Å². The first kappa shape index (κ1) is 31.0. The molecule has 0 unspecified atom stereocenters. The van der Waals surface area contributed by atoms with E-state index in [1.165, 1.54) is 4.90 Å². The molecule has 0 aliphatic heterocycles. The van der Waals surface area contributed by atoms with Gasteiger partial charge in [-0.3, -0.25) is 9.69 Å². The van der Waals surface area contributed by atoms with Crippen LogP contribution < -0.4 is 15.0 Å². The highest BCUT2D eigenvalue weighted by atomic mass is 79.9. The first-order chi connectivity index (χ1) is 19.0. The van der Waals surface area contributed by atoms with Gasteiger partial charge >= 0.3 is 6.09 Å². The standard InChI is InChI=1S/C33H39BrN2O4/c1-23(22-36(32(38)40-33(3,4)5)28-16-18-29(39-6)19-17-28)24(2)30(26-12-14-27(34)15-13-26)20-31(37)35-21-25-10-8-7-9-11-25/h7-19,22,24,30H,20-21H2,1-6H3,(H,35,37)/b23-22-/t24-,30-/m1/s1. The SMILES string of the molecule is COc1ccc(N(/C=C(/C)[C@@H](C)[C@@H](CC(=O)NCc2ccccc2)c2ccc(Br)cc2)C(=O)OC(C)(C)C)cc1. The first-order valence-corrected chi connectivity index (χ1v) is 14.2. The minimum atomic E-state index is -0.661. The number of carbonyl (C=O) groups is 2. The summed E-state index contributed by atoms with van der Waals surface area (Å²) >= 11 is 3.51. The highest BCUT2D eigenvalue weighted by Crippen LogP contribution is 2.34. The number of amides is 2. The Morgan fingerprint density at radius 2 is 1.60 bits per heavy atom. The maximum atomic E-state index is 13.3. The molecule has 3 aromatic carbocycles. The zero-order valence-corrected chi connectivity index (χ0v) is 25.7. The number of ether oxygens (including phenoxy) is 2. The molecule has 1 N–H and O–H groups in total. The van der Waals surface area contributed by atoms with Crippen molar-refractivity contribution in [2.75, 3.05) is 12.0 Å². The molecule has 3 rings (SSSR count). The normalized spacial score (nSPS) is 13.2. The molecule has 0 aromatic heterocycles. The number of allylic oxidation sites excluding steroid dienone is 1. The van der Waals surface area contributed by atoms with Gasteiger partial charge in [0.1, 0.15) is 11.4 Å². The van der Waals surface area contributed by atoms with Crippen molar-refractivity contribution < 1.29 is 19.1 Å². The first-order valence-electron chi connectivity index (χ1n) is 13.4. The number of nitrogens with one attached hydrogen (secondary N) is 1. The zero-order valence-electron chi connectivity index (χ0n) is 24.1. The summed E-state index contributed by atoms with van der Waals surface area (Å²) in [5.74, 6) is 0.484. The number of halogens is 1. The minimum Gasteiger partial charge on any atom is -0.497 e. The third kappa shape index (κ3) is 9.26. The van der Waals surface area contributed by atoms with Crippen molar-refractivity contribution in [3.05, 3.63) is 106 Å². The van der Waals surface area contributed by atoms with Crippen LogP contribution in [0.3, 0.4) is 0 Å². The van der Waals surface area contributed by atoms with E-state index in [0.29, 0.717) is 24.4 Å². The van der Waals surface area contributed by atoms with Crippen LogP contribution in [0.5, 0.6) is 5.75 Å². The van der Waals surface area contributed by atoms with Gasteiger partial charge in [-0.1, -0.05) is 70.9 Å². The third-order valence-electron chi connectivity index (χ3n) is 6.63. The van der Waals surface area contributed by atoms with Crippen molar-refractivity contribution in [3.8, 4) is 5.75 Å². The van der Waals surface area contributed by atoms with Crippen LogP contribution in [0.4, 0.5) is 10.5 Å². The van der Waals surface area contributed by atoms with E-state index in [2.05, 4.69) is 28.2 Å². The molecule has 0 saturated carbocycles. The van der Waals surface area contributed by atoms with Crippen LogP contribution >= 0.6 is 15.9 Å². The van der Waals surface area contributed by atoms with Crippen molar-refractivity contribution in [1.82, 2.24) is 5.32 Å². The Balaban J connectivity index is 1.90. The Morgan fingerprint density at radius 1 is 0.975 bits per heavy atom. The predicted molar refractivity (Wildman–Crippen MR) is 164 cm³/mol. The molecule has 0 bridgehead atoms. The van der Waals surface area contributed by atoms with Gasteiger partial charge in [0.25, 0.3) is 0 Å². The maximum absolute atomic E-state index is 13.3. The van der Waals surface area contributed by atoms with Crippen LogP contribution in [-0.2, 0) is 16.1 Å². The fraction of sp³-hybridized carbons (Fsp3) is 0.333. The fourth-order valence-corrected chi connectivity index (χ4v) is 4.55. The fourth-order valence-electron chi connectivity index (χ4n) is 4.29. The largest absolute Gasteiger partial charge is 0.497 e. The van der Waals surface area contributed by atoms with E-state index >= 15 is 0 Å². The average Bonchev–Trinajstić information content (AvgIpc) is 2.93. The zero-order chi connectivity index (χ0) is 29.3. The summed E-state index contributed by atoms with van der Waals surface area (Å²) < 4.78 is 12.0. The van der Waals surface area contributed by atoms with Crippen molar-refractivity contribution in [2.45, 2.75) is 59.1 Å². The molecule has 0 heterocycles. The van der Waals surface area contributed by atoms with Gasteiger partial charge in [-0.15, -0.1) is 0 Å². The number of hydrogen-bond donors (Lipinski definition) is 1. The number of anilines is 1. The van der Waals surface area contributed by atoms with Crippen LogP contribution in [0.25, 0.3) is 0 Å². The molecule has 6 nitrogen and oxygen atoms in total. The van der Waals surface area contributed by atoms with E-state index in [-0.39, 0.29) is 17.7 Å². The highest BCUT2D eigenvalue weighted by molar-refractivity contribution is 9.10. The lowest BCUT2D eigenvalue weighted by Gasteiger charge is -2.29. The number of rotatable bonds is 10. The van der Waals surface area contributed by atoms with E-state index in [4.69, 9.17) is 9.47 Å². The smallest absolute Gasteiger partial charge is 0.418 e. The number of carbonyl (C=O) groups excluding carboxylic acids is 2. The van der Waals surface area contributed by atoms with E-state index in [9.17, 15) is 9.59 Å². The van der Waals surface area contributed by atoms with Gasteiger partial charge in [-0.05, 0) is 87.1 Å². The summed E-state index contributed by atoms with van der Waals surface area (Å²) in [6, 6.07) is 25.2. The van der Waals surface area contributed by atoms with Crippen LogP contribution in [-0.4, -0.2) is 24.7 Å². The molecule has 212 valence electrons. The minimum absolute atomic E-state index is 0.0319. The van der Waals surface area contributed by atoms with Crippen LogP contribution in [0.15, 0.2) is 95.1 Å². The van der Waals surface area contributed by atoms with E-state index in [1.807, 2.05) is 101 Å².